The highest BCUT2D eigenvalue weighted by molar-refractivity contribution is 7.10. The molecule has 2 aromatic heterocycles. The minimum Gasteiger partial charge on any atom is -0.333 e. The first-order valence-electron chi connectivity index (χ1n) is 5.18. The third-order valence-electron chi connectivity index (χ3n) is 2.83. The first kappa shape index (κ1) is 9.59. The van der Waals surface area contributed by atoms with Gasteiger partial charge in [-0.15, -0.1) is 11.3 Å². The summed E-state index contributed by atoms with van der Waals surface area (Å²) in [7, 11) is 0. The van der Waals surface area contributed by atoms with E-state index in [-0.39, 0.29) is 5.91 Å². The molecule has 1 aliphatic heterocycles. The fourth-order valence-electron chi connectivity index (χ4n) is 1.97. The topological polar surface area (TPSA) is 49.0 Å². The lowest BCUT2D eigenvalue weighted by Crippen LogP contribution is -2.35. The van der Waals surface area contributed by atoms with Crippen LogP contribution in [0.4, 0.5) is 0 Å². The number of nitrogens with one attached hydrogen (secondary N) is 1. The third kappa shape index (κ3) is 1.53. The van der Waals surface area contributed by atoms with E-state index >= 15 is 0 Å². The van der Waals surface area contributed by atoms with Crippen LogP contribution in [0, 0.1) is 0 Å². The average Bonchev–Trinajstić information content (AvgIpc) is 2.98. The van der Waals surface area contributed by atoms with Crippen molar-refractivity contribution in [3.05, 3.63) is 39.8 Å². The van der Waals surface area contributed by atoms with Crippen molar-refractivity contribution in [3.63, 3.8) is 0 Å². The molecular weight excluding hydrogens is 222 g/mol. The van der Waals surface area contributed by atoms with Gasteiger partial charge in [-0.25, -0.2) is 0 Å². The maximum atomic E-state index is 12.1. The molecule has 1 amide bonds. The van der Waals surface area contributed by atoms with Gasteiger partial charge in [0.05, 0.1) is 0 Å². The third-order valence-corrected chi connectivity index (χ3v) is 3.85. The number of carbonyl (C=O) groups excluding carboxylic acids is 1. The summed E-state index contributed by atoms with van der Waals surface area (Å²) in [5, 5.41) is 8.61. The Hall–Kier alpha value is -1.62. The number of thiophene rings is 1. The molecule has 0 bridgehead atoms. The van der Waals surface area contributed by atoms with Crippen LogP contribution in [0.2, 0.25) is 0 Å². The molecule has 0 aromatic carbocycles. The summed E-state index contributed by atoms with van der Waals surface area (Å²) in [5.74, 6) is 0.0364. The normalized spacial score (nSPS) is 14.9. The van der Waals surface area contributed by atoms with E-state index in [1.807, 2.05) is 4.90 Å². The molecule has 0 saturated carbocycles. The number of hydrogen-bond donors (Lipinski definition) is 1. The molecule has 82 valence electrons. The molecule has 0 aliphatic carbocycles. The predicted molar refractivity (Wildman–Crippen MR) is 61.4 cm³/mol. The van der Waals surface area contributed by atoms with Crippen molar-refractivity contribution < 1.29 is 4.79 Å². The molecule has 3 heterocycles. The Labute approximate surface area is 96.9 Å². The summed E-state index contributed by atoms with van der Waals surface area (Å²) >= 11 is 1.78. The fraction of sp³-hybridized carbons (Fsp3) is 0.273. The second-order valence-corrected chi connectivity index (χ2v) is 4.82. The molecule has 0 spiro atoms. The van der Waals surface area contributed by atoms with Crippen molar-refractivity contribution >= 4 is 17.2 Å². The van der Waals surface area contributed by atoms with Crippen LogP contribution in [0.3, 0.4) is 0 Å². The zero-order valence-electron chi connectivity index (χ0n) is 8.64. The van der Waals surface area contributed by atoms with E-state index in [9.17, 15) is 4.79 Å². The van der Waals surface area contributed by atoms with Gasteiger partial charge in [-0.2, -0.15) is 5.10 Å². The Bertz CT molecular complexity index is 503. The van der Waals surface area contributed by atoms with E-state index in [1.54, 1.807) is 23.6 Å². The van der Waals surface area contributed by atoms with Gasteiger partial charge in [-0.05, 0) is 29.5 Å². The Morgan fingerprint density at radius 3 is 3.25 bits per heavy atom. The highest BCUT2D eigenvalue weighted by Crippen LogP contribution is 2.24. The zero-order valence-corrected chi connectivity index (χ0v) is 9.46. The van der Waals surface area contributed by atoms with E-state index in [1.165, 1.54) is 10.4 Å². The maximum Gasteiger partial charge on any atom is 0.272 e. The van der Waals surface area contributed by atoms with Crippen molar-refractivity contribution in [2.24, 2.45) is 0 Å². The van der Waals surface area contributed by atoms with Gasteiger partial charge < -0.3 is 4.90 Å². The van der Waals surface area contributed by atoms with E-state index < -0.39 is 0 Å². The summed E-state index contributed by atoms with van der Waals surface area (Å²) in [4.78, 5) is 15.3. The van der Waals surface area contributed by atoms with Gasteiger partial charge in [-0.3, -0.25) is 9.89 Å². The minimum absolute atomic E-state index is 0.0364. The molecule has 2 aromatic rings. The van der Waals surface area contributed by atoms with E-state index in [0.29, 0.717) is 5.69 Å². The first-order chi connectivity index (χ1) is 7.84. The average molecular weight is 233 g/mol. The number of H-pyrrole nitrogens is 1. The van der Waals surface area contributed by atoms with Crippen LogP contribution in [0.5, 0.6) is 0 Å². The lowest BCUT2D eigenvalue weighted by molar-refractivity contribution is 0.0730. The van der Waals surface area contributed by atoms with Gasteiger partial charge in [0.25, 0.3) is 5.91 Å². The number of aromatic amines is 1. The van der Waals surface area contributed by atoms with Crippen LogP contribution in [0.15, 0.2) is 23.7 Å². The lowest BCUT2D eigenvalue weighted by atomic mass is 10.1. The number of aromatic nitrogens is 2. The molecule has 0 unspecified atom stereocenters. The van der Waals surface area contributed by atoms with Gasteiger partial charge in [0.2, 0.25) is 0 Å². The van der Waals surface area contributed by atoms with Gasteiger partial charge >= 0.3 is 0 Å². The van der Waals surface area contributed by atoms with E-state index in [4.69, 9.17) is 0 Å². The molecule has 0 radical (unpaired) electrons. The van der Waals surface area contributed by atoms with Crippen molar-refractivity contribution in [2.45, 2.75) is 13.0 Å². The summed E-state index contributed by atoms with van der Waals surface area (Å²) < 4.78 is 0. The summed E-state index contributed by atoms with van der Waals surface area (Å²) in [6, 6.07) is 3.82. The molecule has 3 rings (SSSR count). The standard InChI is InChI=1S/C11H11N3OS/c15-11(9-1-4-12-13-9)14-5-2-10-8(7-14)3-6-16-10/h1,3-4,6H,2,5,7H2,(H,12,13). The summed E-state index contributed by atoms with van der Waals surface area (Å²) in [6.07, 6.45) is 2.57. The Kier molecular flexibility index (Phi) is 2.25. The smallest absolute Gasteiger partial charge is 0.272 e. The van der Waals surface area contributed by atoms with Crippen LogP contribution in [0.1, 0.15) is 20.9 Å². The molecule has 1 aliphatic rings. The molecule has 0 atom stereocenters. The van der Waals surface area contributed by atoms with Crippen LogP contribution in [0.25, 0.3) is 0 Å². The SMILES string of the molecule is O=C(c1ccn[nH]1)N1CCc2sccc2C1. The molecule has 4 nitrogen and oxygen atoms in total. The van der Waals surface area contributed by atoms with E-state index in [0.717, 1.165) is 19.5 Å². The monoisotopic (exact) mass is 233 g/mol. The van der Waals surface area contributed by atoms with Crippen molar-refractivity contribution in [1.82, 2.24) is 15.1 Å². The number of nitrogens with zero attached hydrogens (tertiary/aromatic N) is 2. The Morgan fingerprint density at radius 1 is 1.50 bits per heavy atom. The fourth-order valence-corrected chi connectivity index (χ4v) is 2.86. The van der Waals surface area contributed by atoms with E-state index in [2.05, 4.69) is 21.6 Å². The molecule has 0 fully saturated rings. The number of rotatable bonds is 1. The second kappa shape index (κ2) is 3.75. The van der Waals surface area contributed by atoms with Crippen molar-refractivity contribution in [1.29, 1.82) is 0 Å². The van der Waals surface area contributed by atoms with Gasteiger partial charge in [-0.1, -0.05) is 0 Å². The van der Waals surface area contributed by atoms with Crippen LogP contribution < -0.4 is 0 Å². The summed E-state index contributed by atoms with van der Waals surface area (Å²) in [6.45, 7) is 1.52. The van der Waals surface area contributed by atoms with Gasteiger partial charge in [0, 0.05) is 24.2 Å². The zero-order chi connectivity index (χ0) is 11.0. The Morgan fingerprint density at radius 2 is 2.44 bits per heavy atom. The summed E-state index contributed by atoms with van der Waals surface area (Å²) in [5.41, 5.74) is 1.85. The first-order valence-corrected chi connectivity index (χ1v) is 6.06. The molecule has 1 N–H and O–H groups in total. The number of fused-ring (bicyclic) bond motifs is 1. The van der Waals surface area contributed by atoms with Gasteiger partial charge in [0.1, 0.15) is 5.69 Å². The largest absolute Gasteiger partial charge is 0.333 e. The lowest BCUT2D eigenvalue weighted by Gasteiger charge is -2.26. The van der Waals surface area contributed by atoms with Crippen molar-refractivity contribution in [3.8, 4) is 0 Å². The second-order valence-electron chi connectivity index (χ2n) is 3.82. The predicted octanol–water partition coefficient (Wildman–Crippen LogP) is 1.67. The number of amides is 1. The minimum atomic E-state index is 0.0364. The quantitative estimate of drug-likeness (QED) is 0.814. The number of hydrogen-bond acceptors (Lipinski definition) is 3. The van der Waals surface area contributed by atoms with Gasteiger partial charge in [0.15, 0.2) is 0 Å². The molecule has 0 saturated heterocycles. The molecule has 5 heteroatoms. The Balaban J connectivity index is 1.81. The maximum absolute atomic E-state index is 12.1. The van der Waals surface area contributed by atoms with Crippen LogP contribution >= 0.6 is 11.3 Å². The van der Waals surface area contributed by atoms with Crippen molar-refractivity contribution in [2.75, 3.05) is 6.54 Å². The highest BCUT2D eigenvalue weighted by Gasteiger charge is 2.22. The molecule has 16 heavy (non-hydrogen) atoms. The number of carbonyl (C=O) groups is 1. The highest BCUT2D eigenvalue weighted by atomic mass is 32.1. The van der Waals surface area contributed by atoms with Crippen LogP contribution in [-0.2, 0) is 13.0 Å². The van der Waals surface area contributed by atoms with Crippen LogP contribution in [-0.4, -0.2) is 27.5 Å². The molecular formula is C11H11N3OS.